The molecule has 0 saturated heterocycles. The standard InChI is InChI=1S/C7H15O/c1-6(2)5-8-7(3)4/h6-7H,1,5H2,2-4H3. The van der Waals surface area contributed by atoms with Crippen molar-refractivity contribution in [1.82, 2.24) is 0 Å². The van der Waals surface area contributed by atoms with Crippen LogP contribution in [0.3, 0.4) is 0 Å². The van der Waals surface area contributed by atoms with E-state index in [1.165, 1.54) is 0 Å². The quantitative estimate of drug-likeness (QED) is 0.545. The number of rotatable bonds is 3. The zero-order valence-corrected chi connectivity index (χ0v) is 5.98. The van der Waals surface area contributed by atoms with Crippen molar-refractivity contribution < 1.29 is 4.74 Å². The van der Waals surface area contributed by atoms with E-state index >= 15 is 0 Å². The molecule has 1 radical (unpaired) electrons. The number of hydrogen-bond donors (Lipinski definition) is 0. The molecule has 0 heterocycles. The molecule has 0 bridgehead atoms. The van der Waals surface area contributed by atoms with Gasteiger partial charge >= 0.3 is 0 Å². The minimum Gasteiger partial charge on any atom is -0.379 e. The lowest BCUT2D eigenvalue weighted by Gasteiger charge is -2.08. The monoisotopic (exact) mass is 115 g/mol. The molecule has 0 aromatic carbocycles. The highest BCUT2D eigenvalue weighted by Gasteiger charge is 1.94. The van der Waals surface area contributed by atoms with Crippen LogP contribution in [0.4, 0.5) is 0 Å². The van der Waals surface area contributed by atoms with Crippen molar-refractivity contribution in [2.24, 2.45) is 5.92 Å². The molecule has 1 atom stereocenters. The van der Waals surface area contributed by atoms with Crippen molar-refractivity contribution in [2.75, 3.05) is 6.61 Å². The highest BCUT2D eigenvalue weighted by Crippen LogP contribution is 1.94. The Hall–Kier alpha value is -0.0400. The Bertz CT molecular complexity index is 40.3. The molecule has 49 valence electrons. The molecule has 0 aromatic rings. The Morgan fingerprint density at radius 1 is 1.38 bits per heavy atom. The summed E-state index contributed by atoms with van der Waals surface area (Å²) in [5.74, 6) is 0.414. The van der Waals surface area contributed by atoms with E-state index in [9.17, 15) is 0 Å². The molecule has 0 aliphatic carbocycles. The van der Waals surface area contributed by atoms with Crippen LogP contribution in [0.5, 0.6) is 0 Å². The molecular weight excluding hydrogens is 100 g/mol. The molecule has 0 rings (SSSR count). The average Bonchev–Trinajstić information content (AvgIpc) is 1.61. The summed E-state index contributed by atoms with van der Waals surface area (Å²) in [6.45, 7) is 10.7. The Morgan fingerprint density at radius 3 is 2.00 bits per heavy atom. The van der Waals surface area contributed by atoms with Crippen molar-refractivity contribution in [3.63, 3.8) is 0 Å². The first-order valence-electron chi connectivity index (χ1n) is 3.07. The van der Waals surface area contributed by atoms with Gasteiger partial charge in [-0.05, 0) is 26.7 Å². The van der Waals surface area contributed by atoms with Crippen LogP contribution < -0.4 is 0 Å². The minimum atomic E-state index is 0.346. The van der Waals surface area contributed by atoms with Crippen LogP contribution in [0.25, 0.3) is 0 Å². The molecule has 0 amide bonds. The van der Waals surface area contributed by atoms with Crippen molar-refractivity contribution >= 4 is 0 Å². The maximum atomic E-state index is 5.24. The van der Waals surface area contributed by atoms with E-state index in [1.54, 1.807) is 0 Å². The topological polar surface area (TPSA) is 9.23 Å². The molecular formula is C7H15O. The maximum absolute atomic E-state index is 5.24. The zero-order chi connectivity index (χ0) is 6.57. The summed E-state index contributed by atoms with van der Waals surface area (Å²) in [5, 5.41) is 0. The maximum Gasteiger partial charge on any atom is 0.0519 e. The van der Waals surface area contributed by atoms with Gasteiger partial charge in [-0.3, -0.25) is 0 Å². The molecule has 0 saturated carbocycles. The lowest BCUT2D eigenvalue weighted by Crippen LogP contribution is -2.08. The summed E-state index contributed by atoms with van der Waals surface area (Å²) in [6.07, 6.45) is 0.346. The van der Waals surface area contributed by atoms with E-state index in [0.717, 1.165) is 6.61 Å². The van der Waals surface area contributed by atoms with E-state index in [1.807, 2.05) is 20.8 Å². The van der Waals surface area contributed by atoms with Crippen molar-refractivity contribution in [3.05, 3.63) is 6.92 Å². The van der Waals surface area contributed by atoms with Gasteiger partial charge in [-0.25, -0.2) is 0 Å². The van der Waals surface area contributed by atoms with Crippen LogP contribution in [-0.4, -0.2) is 12.7 Å². The molecule has 8 heavy (non-hydrogen) atoms. The first-order valence-corrected chi connectivity index (χ1v) is 3.07. The average molecular weight is 115 g/mol. The molecule has 1 heteroatoms. The van der Waals surface area contributed by atoms with Crippen molar-refractivity contribution in [3.8, 4) is 0 Å². The van der Waals surface area contributed by atoms with Gasteiger partial charge in [-0.1, -0.05) is 6.92 Å². The smallest absolute Gasteiger partial charge is 0.0519 e. The Labute approximate surface area is 52.0 Å². The zero-order valence-electron chi connectivity index (χ0n) is 5.98. The molecule has 0 spiro atoms. The molecule has 1 unspecified atom stereocenters. The van der Waals surface area contributed by atoms with Gasteiger partial charge in [-0.2, -0.15) is 0 Å². The van der Waals surface area contributed by atoms with Gasteiger partial charge in [0.1, 0.15) is 0 Å². The highest BCUT2D eigenvalue weighted by molar-refractivity contribution is 4.51. The lowest BCUT2D eigenvalue weighted by atomic mass is 10.2. The first kappa shape index (κ1) is 7.96. The normalized spacial score (nSPS) is 11.2. The molecule has 0 fully saturated rings. The van der Waals surface area contributed by atoms with Gasteiger partial charge in [0.15, 0.2) is 0 Å². The summed E-state index contributed by atoms with van der Waals surface area (Å²) < 4.78 is 5.24. The van der Waals surface area contributed by atoms with E-state index in [4.69, 9.17) is 4.74 Å². The predicted molar refractivity (Wildman–Crippen MR) is 35.6 cm³/mol. The van der Waals surface area contributed by atoms with E-state index < -0.39 is 0 Å². The number of hydrogen-bond acceptors (Lipinski definition) is 1. The Kier molecular flexibility index (Phi) is 3.88. The summed E-state index contributed by atoms with van der Waals surface area (Å²) in [4.78, 5) is 0. The van der Waals surface area contributed by atoms with Crippen molar-refractivity contribution in [1.29, 1.82) is 0 Å². The number of ether oxygens (including phenoxy) is 1. The third-order valence-electron chi connectivity index (χ3n) is 0.714. The Balaban J connectivity index is 2.93. The largest absolute Gasteiger partial charge is 0.379 e. The van der Waals surface area contributed by atoms with Gasteiger partial charge < -0.3 is 4.74 Å². The molecule has 0 aliphatic heterocycles. The fourth-order valence-electron chi connectivity index (χ4n) is 0.357. The van der Waals surface area contributed by atoms with Crippen LogP contribution in [-0.2, 0) is 4.74 Å². The third kappa shape index (κ3) is 5.96. The second kappa shape index (κ2) is 3.90. The summed E-state index contributed by atoms with van der Waals surface area (Å²) >= 11 is 0. The molecule has 0 aliphatic rings. The van der Waals surface area contributed by atoms with Crippen molar-refractivity contribution in [2.45, 2.75) is 26.9 Å². The van der Waals surface area contributed by atoms with Gasteiger partial charge in [0.05, 0.1) is 6.10 Å². The minimum absolute atomic E-state index is 0.346. The lowest BCUT2D eigenvalue weighted by molar-refractivity contribution is 0.0643. The SMILES string of the molecule is [CH2]C(C)COC(C)C. The summed E-state index contributed by atoms with van der Waals surface area (Å²) in [6, 6.07) is 0. The van der Waals surface area contributed by atoms with Gasteiger partial charge in [0, 0.05) is 6.61 Å². The highest BCUT2D eigenvalue weighted by atomic mass is 16.5. The van der Waals surface area contributed by atoms with Crippen LogP contribution in [0.15, 0.2) is 0 Å². The third-order valence-corrected chi connectivity index (χ3v) is 0.714. The summed E-state index contributed by atoms with van der Waals surface area (Å²) in [7, 11) is 0. The molecule has 0 aromatic heterocycles. The van der Waals surface area contributed by atoms with Crippen LogP contribution >= 0.6 is 0 Å². The van der Waals surface area contributed by atoms with Gasteiger partial charge in [0.2, 0.25) is 0 Å². The van der Waals surface area contributed by atoms with Crippen LogP contribution in [0.2, 0.25) is 0 Å². The summed E-state index contributed by atoms with van der Waals surface area (Å²) in [5.41, 5.74) is 0. The first-order chi connectivity index (χ1) is 3.63. The van der Waals surface area contributed by atoms with E-state index in [0.29, 0.717) is 12.0 Å². The van der Waals surface area contributed by atoms with Gasteiger partial charge in [0.25, 0.3) is 0 Å². The fourth-order valence-corrected chi connectivity index (χ4v) is 0.357. The predicted octanol–water partition coefficient (Wildman–Crippen LogP) is 1.88. The van der Waals surface area contributed by atoms with E-state index in [2.05, 4.69) is 6.92 Å². The van der Waals surface area contributed by atoms with Gasteiger partial charge in [-0.15, -0.1) is 0 Å². The fraction of sp³-hybridized carbons (Fsp3) is 0.857. The molecule has 0 N–H and O–H groups in total. The second-order valence-corrected chi connectivity index (χ2v) is 2.49. The second-order valence-electron chi connectivity index (χ2n) is 2.49. The Morgan fingerprint density at radius 2 is 1.88 bits per heavy atom. The van der Waals surface area contributed by atoms with Crippen LogP contribution in [0, 0.1) is 12.8 Å². The van der Waals surface area contributed by atoms with Crippen LogP contribution in [0.1, 0.15) is 20.8 Å². The molecule has 1 nitrogen and oxygen atoms in total. The van der Waals surface area contributed by atoms with E-state index in [-0.39, 0.29) is 0 Å².